The van der Waals surface area contributed by atoms with Crippen molar-refractivity contribution >= 4 is 22.9 Å². The molecule has 4 heteroatoms. The summed E-state index contributed by atoms with van der Waals surface area (Å²) in [5.41, 5.74) is 1.49. The summed E-state index contributed by atoms with van der Waals surface area (Å²) in [5, 5.41) is 11.4. The monoisotopic (exact) mass is 277 g/mol. The first-order chi connectivity index (χ1) is 8.79. The first-order valence-electron chi connectivity index (χ1n) is 5.58. The third-order valence-electron chi connectivity index (χ3n) is 2.51. The highest BCUT2D eigenvalue weighted by Crippen LogP contribution is 2.18. The molecule has 0 saturated heterocycles. The fourth-order valence-corrected chi connectivity index (χ4v) is 2.47. The Labute approximate surface area is 115 Å². The van der Waals surface area contributed by atoms with Crippen LogP contribution in [0.15, 0.2) is 35.7 Å². The number of hydrogen-bond acceptors (Lipinski definition) is 3. The van der Waals surface area contributed by atoms with E-state index in [1.54, 1.807) is 23.5 Å². The van der Waals surface area contributed by atoms with Crippen LogP contribution >= 0.6 is 22.9 Å². The molecule has 1 aromatic carbocycles. The molecular formula is C14H12ClNOS. The van der Waals surface area contributed by atoms with E-state index in [0.717, 1.165) is 12.0 Å². The summed E-state index contributed by atoms with van der Waals surface area (Å²) >= 11 is 7.79. The second-order valence-electron chi connectivity index (χ2n) is 3.80. The highest BCUT2D eigenvalue weighted by Gasteiger charge is 2.02. The number of nitriles is 1. The van der Waals surface area contributed by atoms with Crippen LogP contribution in [0.5, 0.6) is 0 Å². The molecule has 0 spiro atoms. The van der Waals surface area contributed by atoms with E-state index in [1.807, 2.05) is 12.1 Å². The molecule has 1 heterocycles. The SMILES string of the molecule is N#Cc1ccc(COCCc2cccs2)c(Cl)c1. The fourth-order valence-electron chi connectivity index (χ4n) is 1.54. The molecule has 2 rings (SSSR count). The predicted molar refractivity (Wildman–Crippen MR) is 73.8 cm³/mol. The van der Waals surface area contributed by atoms with Crippen molar-refractivity contribution in [1.29, 1.82) is 5.26 Å². The quantitative estimate of drug-likeness (QED) is 0.773. The maximum absolute atomic E-state index is 8.73. The summed E-state index contributed by atoms with van der Waals surface area (Å²) < 4.78 is 5.59. The van der Waals surface area contributed by atoms with Crippen LogP contribution < -0.4 is 0 Å². The van der Waals surface area contributed by atoms with Gasteiger partial charge in [0, 0.05) is 16.3 Å². The average molecular weight is 278 g/mol. The van der Waals surface area contributed by atoms with Crippen molar-refractivity contribution in [2.24, 2.45) is 0 Å². The molecule has 2 aromatic rings. The van der Waals surface area contributed by atoms with Gasteiger partial charge in [-0.3, -0.25) is 0 Å². The number of thiophene rings is 1. The van der Waals surface area contributed by atoms with Crippen LogP contribution in [-0.2, 0) is 17.8 Å². The molecule has 2 nitrogen and oxygen atoms in total. The Hall–Kier alpha value is -1.34. The zero-order valence-corrected chi connectivity index (χ0v) is 11.3. The van der Waals surface area contributed by atoms with Gasteiger partial charge in [0.2, 0.25) is 0 Å². The van der Waals surface area contributed by atoms with Crippen molar-refractivity contribution in [1.82, 2.24) is 0 Å². The van der Waals surface area contributed by atoms with Gasteiger partial charge in [0.25, 0.3) is 0 Å². The highest BCUT2D eigenvalue weighted by atomic mass is 35.5. The average Bonchev–Trinajstić information content (AvgIpc) is 2.89. The molecule has 0 saturated carbocycles. The Morgan fingerprint density at radius 1 is 1.33 bits per heavy atom. The molecule has 0 unspecified atom stereocenters. The molecule has 92 valence electrons. The van der Waals surface area contributed by atoms with Gasteiger partial charge >= 0.3 is 0 Å². The Bertz CT molecular complexity index is 545. The second-order valence-corrected chi connectivity index (χ2v) is 5.24. The Morgan fingerprint density at radius 2 is 2.22 bits per heavy atom. The van der Waals surface area contributed by atoms with Crippen molar-refractivity contribution < 1.29 is 4.74 Å². The fraction of sp³-hybridized carbons (Fsp3) is 0.214. The van der Waals surface area contributed by atoms with Crippen LogP contribution in [-0.4, -0.2) is 6.61 Å². The second kappa shape index (κ2) is 6.55. The lowest BCUT2D eigenvalue weighted by Crippen LogP contribution is -1.98. The number of halogens is 1. The topological polar surface area (TPSA) is 33.0 Å². The van der Waals surface area contributed by atoms with E-state index in [4.69, 9.17) is 21.6 Å². The first-order valence-corrected chi connectivity index (χ1v) is 6.84. The van der Waals surface area contributed by atoms with Crippen molar-refractivity contribution in [3.63, 3.8) is 0 Å². The number of rotatable bonds is 5. The zero-order valence-electron chi connectivity index (χ0n) is 9.73. The van der Waals surface area contributed by atoms with Crippen LogP contribution in [0.25, 0.3) is 0 Å². The normalized spacial score (nSPS) is 10.2. The smallest absolute Gasteiger partial charge is 0.0992 e. The molecule has 1 aromatic heterocycles. The van der Waals surface area contributed by atoms with Crippen LogP contribution in [0.2, 0.25) is 5.02 Å². The molecule has 0 atom stereocenters. The summed E-state index contributed by atoms with van der Waals surface area (Å²) in [6.07, 6.45) is 0.922. The van der Waals surface area contributed by atoms with Crippen molar-refractivity contribution in [3.8, 4) is 6.07 Å². The lowest BCUT2D eigenvalue weighted by Gasteiger charge is -2.05. The van der Waals surface area contributed by atoms with Gasteiger partial charge in [0.1, 0.15) is 0 Å². The third kappa shape index (κ3) is 3.58. The Kier molecular flexibility index (Phi) is 4.77. The molecule has 18 heavy (non-hydrogen) atoms. The minimum atomic E-state index is 0.482. The van der Waals surface area contributed by atoms with Crippen LogP contribution in [0.3, 0.4) is 0 Å². The van der Waals surface area contributed by atoms with E-state index in [2.05, 4.69) is 17.5 Å². The molecule has 0 aliphatic carbocycles. The summed E-state index contributed by atoms with van der Waals surface area (Å²) in [7, 11) is 0. The van der Waals surface area contributed by atoms with Gasteiger partial charge in [-0.1, -0.05) is 23.7 Å². The number of benzene rings is 1. The number of hydrogen-bond donors (Lipinski definition) is 0. The Morgan fingerprint density at radius 3 is 2.89 bits per heavy atom. The standard InChI is InChI=1S/C14H12ClNOS/c15-14-8-11(9-16)3-4-12(14)10-17-6-5-13-2-1-7-18-13/h1-4,7-8H,5-6,10H2. The summed E-state index contributed by atoms with van der Waals surface area (Å²) in [6.45, 7) is 1.16. The highest BCUT2D eigenvalue weighted by molar-refractivity contribution is 7.09. The lowest BCUT2D eigenvalue weighted by molar-refractivity contribution is 0.124. The maximum Gasteiger partial charge on any atom is 0.0992 e. The van der Waals surface area contributed by atoms with Gasteiger partial charge in [-0.25, -0.2) is 0 Å². The van der Waals surface area contributed by atoms with Crippen molar-refractivity contribution in [2.45, 2.75) is 13.0 Å². The van der Waals surface area contributed by atoms with Gasteiger partial charge in [-0.2, -0.15) is 5.26 Å². The maximum atomic E-state index is 8.73. The van der Waals surface area contributed by atoms with E-state index in [0.29, 0.717) is 23.8 Å². The zero-order chi connectivity index (χ0) is 12.8. The first kappa shape index (κ1) is 13.1. The molecule has 0 amide bonds. The van der Waals surface area contributed by atoms with E-state index in [-0.39, 0.29) is 0 Å². The van der Waals surface area contributed by atoms with Crippen LogP contribution in [0.4, 0.5) is 0 Å². The third-order valence-corrected chi connectivity index (χ3v) is 3.80. The van der Waals surface area contributed by atoms with Crippen LogP contribution in [0, 0.1) is 11.3 Å². The van der Waals surface area contributed by atoms with E-state index < -0.39 is 0 Å². The molecule has 0 aliphatic heterocycles. The number of nitrogens with zero attached hydrogens (tertiary/aromatic N) is 1. The van der Waals surface area contributed by atoms with Crippen molar-refractivity contribution in [3.05, 3.63) is 56.7 Å². The predicted octanol–water partition coefficient (Wildman–Crippen LogP) is 4.03. The number of ether oxygens (including phenoxy) is 1. The minimum Gasteiger partial charge on any atom is -0.376 e. The molecular weight excluding hydrogens is 266 g/mol. The summed E-state index contributed by atoms with van der Waals surface area (Å²) in [5.74, 6) is 0. The molecule has 0 bridgehead atoms. The van der Waals surface area contributed by atoms with Gasteiger partial charge in [0.15, 0.2) is 0 Å². The lowest BCUT2D eigenvalue weighted by atomic mass is 10.1. The summed E-state index contributed by atoms with van der Waals surface area (Å²) in [6, 6.07) is 11.5. The molecule has 0 fully saturated rings. The van der Waals surface area contributed by atoms with E-state index in [9.17, 15) is 0 Å². The van der Waals surface area contributed by atoms with Crippen molar-refractivity contribution in [2.75, 3.05) is 6.61 Å². The van der Waals surface area contributed by atoms with E-state index >= 15 is 0 Å². The summed E-state index contributed by atoms with van der Waals surface area (Å²) in [4.78, 5) is 1.32. The van der Waals surface area contributed by atoms with Gasteiger partial charge in [0.05, 0.1) is 24.8 Å². The molecule has 0 radical (unpaired) electrons. The molecule has 0 N–H and O–H groups in total. The Balaban J connectivity index is 1.82. The van der Waals surface area contributed by atoms with Gasteiger partial charge in [-0.15, -0.1) is 11.3 Å². The minimum absolute atomic E-state index is 0.482. The van der Waals surface area contributed by atoms with Gasteiger partial charge < -0.3 is 4.74 Å². The largest absolute Gasteiger partial charge is 0.376 e. The van der Waals surface area contributed by atoms with Crippen LogP contribution in [0.1, 0.15) is 16.0 Å². The van der Waals surface area contributed by atoms with Gasteiger partial charge in [-0.05, 0) is 29.1 Å². The molecule has 0 aliphatic rings. The van der Waals surface area contributed by atoms with E-state index in [1.165, 1.54) is 4.88 Å².